The Labute approximate surface area is 179 Å². The summed E-state index contributed by atoms with van der Waals surface area (Å²) < 4.78 is 8.13. The SMILES string of the molecule is Cc1ccc(OCCCCn2c(CCNC(=O)C(C)(C)C)nc3ccccc32)cc1. The Hall–Kier alpha value is -2.82. The van der Waals surface area contributed by atoms with Crippen molar-refractivity contribution < 1.29 is 9.53 Å². The number of benzene rings is 2. The number of hydrogen-bond donors (Lipinski definition) is 1. The molecule has 0 saturated carbocycles. The van der Waals surface area contributed by atoms with Gasteiger partial charge >= 0.3 is 0 Å². The molecule has 0 aliphatic carbocycles. The number of aromatic nitrogens is 2. The van der Waals surface area contributed by atoms with Crippen molar-refractivity contribution in [3.8, 4) is 5.75 Å². The first-order valence-corrected chi connectivity index (χ1v) is 10.8. The third-order valence-electron chi connectivity index (χ3n) is 5.11. The number of aryl methyl sites for hydroxylation is 2. The summed E-state index contributed by atoms with van der Waals surface area (Å²) in [7, 11) is 0. The van der Waals surface area contributed by atoms with Crippen LogP contribution in [0.1, 0.15) is 45.0 Å². The molecule has 30 heavy (non-hydrogen) atoms. The maximum absolute atomic E-state index is 12.1. The van der Waals surface area contributed by atoms with E-state index in [1.807, 2.05) is 51.1 Å². The highest BCUT2D eigenvalue weighted by Gasteiger charge is 2.20. The number of para-hydroxylation sites is 2. The fourth-order valence-electron chi connectivity index (χ4n) is 3.32. The molecule has 0 spiro atoms. The zero-order valence-electron chi connectivity index (χ0n) is 18.6. The predicted molar refractivity (Wildman–Crippen MR) is 122 cm³/mol. The summed E-state index contributed by atoms with van der Waals surface area (Å²) >= 11 is 0. The fraction of sp³-hybridized carbons (Fsp3) is 0.440. The molecule has 0 fully saturated rings. The highest BCUT2D eigenvalue weighted by Crippen LogP contribution is 2.18. The number of hydrogen-bond acceptors (Lipinski definition) is 3. The highest BCUT2D eigenvalue weighted by atomic mass is 16.5. The third kappa shape index (κ3) is 5.85. The van der Waals surface area contributed by atoms with Gasteiger partial charge in [-0.3, -0.25) is 4.79 Å². The normalized spacial score (nSPS) is 11.6. The highest BCUT2D eigenvalue weighted by molar-refractivity contribution is 5.81. The summed E-state index contributed by atoms with van der Waals surface area (Å²) in [6, 6.07) is 16.4. The molecule has 1 amide bonds. The van der Waals surface area contributed by atoms with Crippen LogP contribution in [-0.4, -0.2) is 28.6 Å². The molecule has 3 aromatic rings. The topological polar surface area (TPSA) is 56.1 Å². The van der Waals surface area contributed by atoms with Gasteiger partial charge in [-0.25, -0.2) is 4.98 Å². The number of carbonyl (C=O) groups is 1. The smallest absolute Gasteiger partial charge is 0.225 e. The van der Waals surface area contributed by atoms with E-state index in [9.17, 15) is 4.79 Å². The molecule has 0 aliphatic rings. The van der Waals surface area contributed by atoms with E-state index in [0.29, 0.717) is 13.2 Å². The molecule has 0 unspecified atom stereocenters. The van der Waals surface area contributed by atoms with E-state index in [1.165, 1.54) is 5.56 Å². The van der Waals surface area contributed by atoms with Gasteiger partial charge in [-0.2, -0.15) is 0 Å². The van der Waals surface area contributed by atoms with Gasteiger partial charge in [0, 0.05) is 24.9 Å². The number of rotatable bonds is 9. The molecule has 3 rings (SSSR count). The van der Waals surface area contributed by atoms with Crippen LogP contribution in [0, 0.1) is 12.3 Å². The maximum Gasteiger partial charge on any atom is 0.225 e. The zero-order valence-corrected chi connectivity index (χ0v) is 18.6. The van der Waals surface area contributed by atoms with E-state index < -0.39 is 0 Å². The summed E-state index contributed by atoms with van der Waals surface area (Å²) in [5.74, 6) is 2.01. The molecule has 1 aromatic heterocycles. The summed E-state index contributed by atoms with van der Waals surface area (Å²) in [5.41, 5.74) is 3.01. The van der Waals surface area contributed by atoms with Crippen molar-refractivity contribution in [3.63, 3.8) is 0 Å². The minimum Gasteiger partial charge on any atom is -0.494 e. The van der Waals surface area contributed by atoms with Crippen molar-refractivity contribution in [2.75, 3.05) is 13.2 Å². The molecule has 2 aromatic carbocycles. The first-order chi connectivity index (χ1) is 14.3. The second-order valence-corrected chi connectivity index (χ2v) is 8.79. The number of fused-ring (bicyclic) bond motifs is 1. The Morgan fingerprint density at radius 3 is 2.53 bits per heavy atom. The zero-order chi connectivity index (χ0) is 21.6. The lowest BCUT2D eigenvalue weighted by Crippen LogP contribution is -2.36. The first-order valence-electron chi connectivity index (χ1n) is 10.8. The van der Waals surface area contributed by atoms with Crippen molar-refractivity contribution >= 4 is 16.9 Å². The molecule has 1 N–H and O–H groups in total. The maximum atomic E-state index is 12.1. The Morgan fingerprint density at radius 1 is 1.07 bits per heavy atom. The summed E-state index contributed by atoms with van der Waals surface area (Å²) in [6.07, 6.45) is 2.70. The Kier molecular flexibility index (Phi) is 7.14. The minimum absolute atomic E-state index is 0.0680. The lowest BCUT2D eigenvalue weighted by atomic mass is 9.96. The molecule has 0 aliphatic heterocycles. The molecule has 0 radical (unpaired) electrons. The van der Waals surface area contributed by atoms with Crippen LogP contribution in [0.3, 0.4) is 0 Å². The first kappa shape index (κ1) is 21.9. The number of unbranched alkanes of at least 4 members (excludes halogenated alkanes) is 1. The average Bonchev–Trinajstić information content (AvgIpc) is 3.06. The average molecular weight is 408 g/mol. The number of nitrogens with one attached hydrogen (secondary N) is 1. The fourth-order valence-corrected chi connectivity index (χ4v) is 3.32. The number of nitrogens with zero attached hydrogens (tertiary/aromatic N) is 2. The van der Waals surface area contributed by atoms with Crippen molar-refractivity contribution in [1.29, 1.82) is 0 Å². The molecule has 0 bridgehead atoms. The van der Waals surface area contributed by atoms with E-state index in [4.69, 9.17) is 9.72 Å². The van der Waals surface area contributed by atoms with Crippen molar-refractivity contribution in [3.05, 3.63) is 59.9 Å². The number of carbonyl (C=O) groups excluding carboxylic acids is 1. The van der Waals surface area contributed by atoms with E-state index in [0.717, 1.165) is 48.4 Å². The second-order valence-electron chi connectivity index (χ2n) is 8.79. The molecular weight excluding hydrogens is 374 g/mol. The standard InChI is InChI=1S/C25H33N3O2/c1-19-11-13-20(14-12-19)30-18-8-7-17-28-22-10-6-5-9-21(22)27-23(28)15-16-26-24(29)25(2,3)4/h5-6,9-14H,7-8,15-18H2,1-4H3,(H,26,29). The van der Waals surface area contributed by atoms with Gasteiger partial charge < -0.3 is 14.6 Å². The minimum atomic E-state index is -0.377. The van der Waals surface area contributed by atoms with E-state index in [2.05, 4.69) is 35.0 Å². The van der Waals surface area contributed by atoms with Crippen LogP contribution < -0.4 is 10.1 Å². The number of amides is 1. The summed E-state index contributed by atoms with van der Waals surface area (Å²) in [4.78, 5) is 16.9. The van der Waals surface area contributed by atoms with Gasteiger partial charge in [0.1, 0.15) is 11.6 Å². The van der Waals surface area contributed by atoms with Gasteiger partial charge in [0.25, 0.3) is 0 Å². The monoisotopic (exact) mass is 407 g/mol. The summed E-state index contributed by atoms with van der Waals surface area (Å²) in [5, 5.41) is 3.03. The molecule has 5 heteroatoms. The molecule has 160 valence electrons. The molecule has 0 saturated heterocycles. The lowest BCUT2D eigenvalue weighted by Gasteiger charge is -2.17. The molecule has 0 atom stereocenters. The van der Waals surface area contributed by atoms with Gasteiger partial charge in [0.2, 0.25) is 5.91 Å². The Balaban J connectivity index is 1.56. The van der Waals surface area contributed by atoms with E-state index >= 15 is 0 Å². The van der Waals surface area contributed by atoms with E-state index in [-0.39, 0.29) is 11.3 Å². The Bertz CT molecular complexity index is 968. The lowest BCUT2D eigenvalue weighted by molar-refractivity contribution is -0.128. The van der Waals surface area contributed by atoms with Crippen molar-refractivity contribution in [2.45, 2.75) is 53.5 Å². The van der Waals surface area contributed by atoms with Crippen LogP contribution in [-0.2, 0) is 17.8 Å². The quantitative estimate of drug-likeness (QED) is 0.513. The number of ether oxygens (including phenoxy) is 1. The predicted octanol–water partition coefficient (Wildman–Crippen LogP) is 4.91. The van der Waals surface area contributed by atoms with Crippen molar-refractivity contribution in [1.82, 2.24) is 14.9 Å². The van der Waals surface area contributed by atoms with Crippen LogP contribution in [0.4, 0.5) is 0 Å². The van der Waals surface area contributed by atoms with Gasteiger partial charge in [-0.1, -0.05) is 50.6 Å². The molecule has 1 heterocycles. The number of imidazole rings is 1. The van der Waals surface area contributed by atoms with Crippen LogP contribution in [0.2, 0.25) is 0 Å². The van der Waals surface area contributed by atoms with Gasteiger partial charge in [-0.05, 0) is 44.0 Å². The van der Waals surface area contributed by atoms with Gasteiger partial charge in [0.15, 0.2) is 0 Å². The third-order valence-corrected chi connectivity index (χ3v) is 5.11. The van der Waals surface area contributed by atoms with Gasteiger partial charge in [0.05, 0.1) is 17.6 Å². The second kappa shape index (κ2) is 9.79. The van der Waals surface area contributed by atoms with Crippen LogP contribution >= 0.6 is 0 Å². The van der Waals surface area contributed by atoms with Crippen LogP contribution in [0.25, 0.3) is 11.0 Å². The van der Waals surface area contributed by atoms with Gasteiger partial charge in [-0.15, -0.1) is 0 Å². The van der Waals surface area contributed by atoms with Crippen molar-refractivity contribution in [2.24, 2.45) is 5.41 Å². The largest absolute Gasteiger partial charge is 0.494 e. The Morgan fingerprint density at radius 2 is 1.80 bits per heavy atom. The summed E-state index contributed by atoms with van der Waals surface area (Å²) in [6.45, 7) is 10.0. The van der Waals surface area contributed by atoms with Crippen LogP contribution in [0.15, 0.2) is 48.5 Å². The van der Waals surface area contributed by atoms with Crippen LogP contribution in [0.5, 0.6) is 5.75 Å². The molecule has 5 nitrogen and oxygen atoms in total. The molecular formula is C25H33N3O2. The van der Waals surface area contributed by atoms with E-state index in [1.54, 1.807) is 0 Å².